The van der Waals surface area contributed by atoms with E-state index in [0.717, 1.165) is 0 Å². The molecule has 1 aromatic carbocycles. The Hall–Kier alpha value is -1.79. The molecule has 1 aliphatic rings. The molecule has 0 spiro atoms. The maximum Gasteiger partial charge on any atom is 0.251 e. The van der Waals surface area contributed by atoms with Gasteiger partial charge >= 0.3 is 0 Å². The van der Waals surface area contributed by atoms with Crippen molar-refractivity contribution in [2.45, 2.75) is 25.0 Å². The van der Waals surface area contributed by atoms with Gasteiger partial charge in [0.15, 0.2) is 11.5 Å². The number of carbonyl (C=O) groups is 1. The second kappa shape index (κ2) is 6.78. The number of amides is 1. The quantitative estimate of drug-likeness (QED) is 0.739. The zero-order chi connectivity index (χ0) is 15.4. The Balaban J connectivity index is 2.04. The van der Waals surface area contributed by atoms with E-state index in [1.54, 1.807) is 18.2 Å². The average Bonchev–Trinajstić information content (AvgIpc) is 2.86. The highest BCUT2D eigenvalue weighted by atomic mass is 16.5. The minimum absolute atomic E-state index is 0.0656. The first-order chi connectivity index (χ1) is 10.1. The summed E-state index contributed by atoms with van der Waals surface area (Å²) in [5, 5.41) is 21.7. The van der Waals surface area contributed by atoms with Gasteiger partial charge in [0, 0.05) is 24.1 Å². The van der Waals surface area contributed by atoms with Gasteiger partial charge in [0.05, 0.1) is 20.3 Å². The van der Waals surface area contributed by atoms with E-state index in [9.17, 15) is 9.90 Å². The van der Waals surface area contributed by atoms with Crippen LogP contribution in [-0.2, 0) is 0 Å². The fourth-order valence-corrected chi connectivity index (χ4v) is 2.66. The normalized spacial score (nSPS) is 24.7. The van der Waals surface area contributed by atoms with Gasteiger partial charge in [-0.15, -0.1) is 0 Å². The van der Waals surface area contributed by atoms with Gasteiger partial charge in [-0.25, -0.2) is 0 Å². The van der Waals surface area contributed by atoms with Crippen LogP contribution in [0.3, 0.4) is 0 Å². The Labute approximate surface area is 123 Å². The van der Waals surface area contributed by atoms with Crippen LogP contribution in [0.25, 0.3) is 0 Å². The molecule has 116 valence electrons. The third kappa shape index (κ3) is 3.46. The summed E-state index contributed by atoms with van der Waals surface area (Å²) >= 11 is 0. The van der Waals surface area contributed by atoms with Crippen LogP contribution in [0.5, 0.6) is 11.5 Å². The van der Waals surface area contributed by atoms with Gasteiger partial charge in [-0.05, 0) is 31.0 Å². The number of benzene rings is 1. The Morgan fingerprint density at radius 1 is 1.29 bits per heavy atom. The molecule has 0 unspecified atom stereocenters. The van der Waals surface area contributed by atoms with Crippen molar-refractivity contribution in [1.82, 2.24) is 5.32 Å². The van der Waals surface area contributed by atoms with Crippen molar-refractivity contribution < 1.29 is 24.5 Å². The molecular formula is C15H21NO5. The molecule has 0 aromatic heterocycles. The molecule has 3 atom stereocenters. The molecule has 0 heterocycles. The lowest BCUT2D eigenvalue weighted by Gasteiger charge is -2.14. The van der Waals surface area contributed by atoms with Gasteiger partial charge < -0.3 is 25.0 Å². The van der Waals surface area contributed by atoms with Crippen LogP contribution in [0.2, 0.25) is 0 Å². The van der Waals surface area contributed by atoms with Crippen LogP contribution < -0.4 is 14.8 Å². The first kappa shape index (κ1) is 15.6. The first-order valence-electron chi connectivity index (χ1n) is 6.90. The molecule has 0 bridgehead atoms. The van der Waals surface area contributed by atoms with Gasteiger partial charge in [0.25, 0.3) is 5.91 Å². The van der Waals surface area contributed by atoms with E-state index in [2.05, 4.69) is 5.32 Å². The lowest BCUT2D eigenvalue weighted by molar-refractivity contribution is 0.0903. The highest BCUT2D eigenvalue weighted by Gasteiger charge is 2.33. The molecule has 0 radical (unpaired) electrons. The van der Waals surface area contributed by atoms with E-state index in [0.29, 0.717) is 29.9 Å². The van der Waals surface area contributed by atoms with Gasteiger partial charge in [-0.2, -0.15) is 0 Å². The number of ether oxygens (including phenoxy) is 2. The monoisotopic (exact) mass is 295 g/mol. The fourth-order valence-electron chi connectivity index (χ4n) is 2.66. The zero-order valence-corrected chi connectivity index (χ0v) is 12.2. The van der Waals surface area contributed by atoms with Gasteiger partial charge in [0.1, 0.15) is 0 Å². The van der Waals surface area contributed by atoms with E-state index in [-0.39, 0.29) is 24.5 Å². The minimum atomic E-state index is -0.564. The SMILES string of the molecule is COc1ccc(C(=O)N[C@@H]2C[C@@H](CO)[C@H](O)C2)cc1OC. The molecule has 1 aliphatic carbocycles. The molecule has 1 fully saturated rings. The maximum atomic E-state index is 12.2. The topological polar surface area (TPSA) is 88.0 Å². The Kier molecular flexibility index (Phi) is 5.03. The van der Waals surface area contributed by atoms with E-state index in [1.165, 1.54) is 14.2 Å². The summed E-state index contributed by atoms with van der Waals surface area (Å²) < 4.78 is 10.3. The van der Waals surface area contributed by atoms with Crippen molar-refractivity contribution in [3.63, 3.8) is 0 Å². The largest absolute Gasteiger partial charge is 0.493 e. The van der Waals surface area contributed by atoms with E-state index in [4.69, 9.17) is 14.6 Å². The number of carbonyl (C=O) groups excluding carboxylic acids is 1. The molecule has 6 heteroatoms. The number of hydrogen-bond acceptors (Lipinski definition) is 5. The van der Waals surface area contributed by atoms with Gasteiger partial charge in [-0.3, -0.25) is 4.79 Å². The smallest absolute Gasteiger partial charge is 0.251 e. The predicted octanol–water partition coefficient (Wildman–Crippen LogP) is 0.565. The third-order valence-electron chi connectivity index (χ3n) is 3.87. The molecule has 2 rings (SSSR count). The maximum absolute atomic E-state index is 12.2. The molecule has 1 aromatic rings. The zero-order valence-electron chi connectivity index (χ0n) is 12.2. The summed E-state index contributed by atoms with van der Waals surface area (Å²) in [4.78, 5) is 12.2. The number of aliphatic hydroxyl groups is 2. The molecule has 1 amide bonds. The fraction of sp³-hybridized carbons (Fsp3) is 0.533. The van der Waals surface area contributed by atoms with Gasteiger partial charge in [0.2, 0.25) is 0 Å². The van der Waals surface area contributed by atoms with Crippen LogP contribution in [-0.4, -0.2) is 49.1 Å². The van der Waals surface area contributed by atoms with Crippen molar-refractivity contribution in [1.29, 1.82) is 0 Å². The number of hydrogen-bond donors (Lipinski definition) is 3. The summed E-state index contributed by atoms with van der Waals surface area (Å²) in [7, 11) is 3.05. The standard InChI is InChI=1S/C15H21NO5/c1-20-13-4-3-9(6-14(13)21-2)15(19)16-11-5-10(8-17)12(18)7-11/h3-4,6,10-12,17-18H,5,7-8H2,1-2H3,(H,16,19)/t10-,11+,12+/m0/s1. The highest BCUT2D eigenvalue weighted by molar-refractivity contribution is 5.95. The van der Waals surface area contributed by atoms with E-state index >= 15 is 0 Å². The first-order valence-corrected chi connectivity index (χ1v) is 6.90. The summed E-state index contributed by atoms with van der Waals surface area (Å²) in [5.74, 6) is 0.656. The number of aliphatic hydroxyl groups excluding tert-OH is 2. The van der Waals surface area contributed by atoms with E-state index in [1.807, 2.05) is 0 Å². The second-order valence-corrected chi connectivity index (χ2v) is 5.22. The molecule has 21 heavy (non-hydrogen) atoms. The summed E-state index contributed by atoms with van der Waals surface area (Å²) in [6.07, 6.45) is 0.478. The molecule has 1 saturated carbocycles. The van der Waals surface area contributed by atoms with Crippen LogP contribution in [0.1, 0.15) is 23.2 Å². The van der Waals surface area contributed by atoms with Crippen molar-refractivity contribution in [3.8, 4) is 11.5 Å². The summed E-state index contributed by atoms with van der Waals surface area (Å²) in [6.45, 7) is -0.0656. The molecule has 6 nitrogen and oxygen atoms in total. The lowest BCUT2D eigenvalue weighted by atomic mass is 10.1. The highest BCUT2D eigenvalue weighted by Crippen LogP contribution is 2.29. The van der Waals surface area contributed by atoms with Crippen LogP contribution in [0.4, 0.5) is 0 Å². The van der Waals surface area contributed by atoms with Crippen molar-refractivity contribution in [2.24, 2.45) is 5.92 Å². The summed E-state index contributed by atoms with van der Waals surface area (Å²) in [5.41, 5.74) is 0.467. The predicted molar refractivity (Wildman–Crippen MR) is 76.6 cm³/mol. The average molecular weight is 295 g/mol. The van der Waals surface area contributed by atoms with Gasteiger partial charge in [-0.1, -0.05) is 0 Å². The molecule has 0 aliphatic heterocycles. The Bertz CT molecular complexity index is 505. The number of nitrogens with one attached hydrogen (secondary N) is 1. The van der Waals surface area contributed by atoms with Crippen LogP contribution in [0.15, 0.2) is 18.2 Å². The second-order valence-electron chi connectivity index (χ2n) is 5.22. The van der Waals surface area contributed by atoms with Crippen molar-refractivity contribution in [2.75, 3.05) is 20.8 Å². The third-order valence-corrected chi connectivity index (χ3v) is 3.87. The number of methoxy groups -OCH3 is 2. The summed E-state index contributed by atoms with van der Waals surface area (Å²) in [6, 6.07) is 4.82. The van der Waals surface area contributed by atoms with Crippen molar-refractivity contribution >= 4 is 5.91 Å². The van der Waals surface area contributed by atoms with Crippen molar-refractivity contribution in [3.05, 3.63) is 23.8 Å². The van der Waals surface area contributed by atoms with E-state index < -0.39 is 6.10 Å². The number of rotatable bonds is 5. The Morgan fingerprint density at radius 2 is 2.00 bits per heavy atom. The minimum Gasteiger partial charge on any atom is -0.493 e. The molecular weight excluding hydrogens is 274 g/mol. The van der Waals surface area contributed by atoms with Crippen LogP contribution >= 0.6 is 0 Å². The molecule has 0 saturated heterocycles. The lowest BCUT2D eigenvalue weighted by Crippen LogP contribution is -2.33. The van der Waals surface area contributed by atoms with Crippen LogP contribution in [0, 0.1) is 5.92 Å². The molecule has 3 N–H and O–H groups in total. The Morgan fingerprint density at radius 3 is 2.57 bits per heavy atom.